The summed E-state index contributed by atoms with van der Waals surface area (Å²) in [6.45, 7) is 5.68. The van der Waals surface area contributed by atoms with Gasteiger partial charge >= 0.3 is 0 Å². The number of aromatic nitrogens is 1. The summed E-state index contributed by atoms with van der Waals surface area (Å²) in [6, 6.07) is 14.5. The number of nitrogens with one attached hydrogen (secondary N) is 1. The summed E-state index contributed by atoms with van der Waals surface area (Å²) in [7, 11) is 0. The molecule has 8 nitrogen and oxygen atoms in total. The van der Waals surface area contributed by atoms with Crippen molar-refractivity contribution in [3.63, 3.8) is 0 Å². The molecule has 0 bridgehead atoms. The molecule has 1 aliphatic heterocycles. The van der Waals surface area contributed by atoms with Crippen molar-refractivity contribution in [2.24, 2.45) is 0 Å². The molecule has 3 aromatic rings. The van der Waals surface area contributed by atoms with Gasteiger partial charge in [-0.2, -0.15) is 0 Å². The Hall–Kier alpha value is -3.81. The third kappa shape index (κ3) is 4.37. The lowest BCUT2D eigenvalue weighted by Gasteiger charge is -2.33. The second kappa shape index (κ2) is 8.51. The highest BCUT2D eigenvalue weighted by molar-refractivity contribution is 5.89. The van der Waals surface area contributed by atoms with Crippen LogP contribution in [0.25, 0.3) is 22.5 Å². The molecular formula is C23H24N4O4. The Labute approximate surface area is 180 Å². The number of anilines is 2. The van der Waals surface area contributed by atoms with Gasteiger partial charge in [-0.25, -0.2) is 0 Å². The first-order valence-corrected chi connectivity index (χ1v) is 10.1. The lowest BCUT2D eigenvalue weighted by Crippen LogP contribution is -2.48. The molecule has 8 heteroatoms. The van der Waals surface area contributed by atoms with Crippen LogP contribution in [-0.4, -0.2) is 53.2 Å². The average Bonchev–Trinajstić information content (AvgIpc) is 3.24. The van der Waals surface area contributed by atoms with Crippen LogP contribution in [0.5, 0.6) is 5.75 Å². The number of nitrogens with zero attached hydrogens (tertiary/aromatic N) is 3. The van der Waals surface area contributed by atoms with Crippen molar-refractivity contribution in [1.82, 2.24) is 10.1 Å². The summed E-state index contributed by atoms with van der Waals surface area (Å²) in [5.74, 6) is 1.19. The van der Waals surface area contributed by atoms with Crippen molar-refractivity contribution in [2.45, 2.75) is 13.8 Å². The molecule has 0 spiro atoms. The summed E-state index contributed by atoms with van der Waals surface area (Å²) in [4.78, 5) is 26.6. The molecule has 0 radical (unpaired) electrons. The van der Waals surface area contributed by atoms with E-state index in [4.69, 9.17) is 4.52 Å². The minimum absolute atomic E-state index is 0.0762. The van der Waals surface area contributed by atoms with E-state index in [1.54, 1.807) is 25.1 Å². The molecule has 0 atom stereocenters. The van der Waals surface area contributed by atoms with Crippen LogP contribution in [0.1, 0.15) is 13.8 Å². The van der Waals surface area contributed by atoms with Crippen LogP contribution < -0.4 is 10.2 Å². The highest BCUT2D eigenvalue weighted by Crippen LogP contribution is 2.39. The average molecular weight is 420 g/mol. The Balaban J connectivity index is 1.55. The zero-order valence-corrected chi connectivity index (χ0v) is 17.5. The fraction of sp³-hybridized carbons (Fsp3) is 0.261. The number of hydrogen-bond acceptors (Lipinski definition) is 6. The maximum Gasteiger partial charge on any atom is 0.221 e. The van der Waals surface area contributed by atoms with Gasteiger partial charge in [-0.1, -0.05) is 29.4 Å². The number of para-hydroxylation sites is 1. The minimum Gasteiger partial charge on any atom is -0.507 e. The van der Waals surface area contributed by atoms with Gasteiger partial charge in [0.1, 0.15) is 5.75 Å². The minimum atomic E-state index is -0.138. The van der Waals surface area contributed by atoms with E-state index in [2.05, 4.69) is 15.4 Å². The first-order valence-electron chi connectivity index (χ1n) is 10.1. The Kier molecular flexibility index (Phi) is 5.62. The third-order valence-corrected chi connectivity index (χ3v) is 5.36. The van der Waals surface area contributed by atoms with Crippen molar-refractivity contribution < 1.29 is 19.2 Å². The molecule has 0 saturated carbocycles. The molecule has 2 N–H and O–H groups in total. The molecule has 0 aliphatic carbocycles. The van der Waals surface area contributed by atoms with Gasteiger partial charge in [0, 0.05) is 57.3 Å². The van der Waals surface area contributed by atoms with Crippen LogP contribution >= 0.6 is 0 Å². The molecule has 4 rings (SSSR count). The predicted octanol–water partition coefficient (Wildman–Crippen LogP) is 3.34. The second-order valence-electron chi connectivity index (χ2n) is 7.50. The van der Waals surface area contributed by atoms with Crippen molar-refractivity contribution in [2.75, 3.05) is 36.4 Å². The van der Waals surface area contributed by atoms with E-state index < -0.39 is 0 Å². The second-order valence-corrected chi connectivity index (χ2v) is 7.50. The lowest BCUT2D eigenvalue weighted by molar-refractivity contribution is -0.129. The summed E-state index contributed by atoms with van der Waals surface area (Å²) < 4.78 is 5.53. The van der Waals surface area contributed by atoms with Crippen molar-refractivity contribution in [3.05, 3.63) is 48.5 Å². The van der Waals surface area contributed by atoms with Gasteiger partial charge in [0.2, 0.25) is 11.8 Å². The van der Waals surface area contributed by atoms with E-state index in [1.165, 1.54) is 6.92 Å². The van der Waals surface area contributed by atoms with Crippen LogP contribution in [0.15, 0.2) is 53.1 Å². The van der Waals surface area contributed by atoms with E-state index in [-0.39, 0.29) is 17.6 Å². The monoisotopic (exact) mass is 420 g/mol. The van der Waals surface area contributed by atoms with Crippen LogP contribution in [0.2, 0.25) is 0 Å². The largest absolute Gasteiger partial charge is 0.507 e. The lowest BCUT2D eigenvalue weighted by atomic mass is 10.00. The summed E-state index contributed by atoms with van der Waals surface area (Å²) in [6.07, 6.45) is 0. The normalized spacial score (nSPS) is 13.9. The van der Waals surface area contributed by atoms with Gasteiger partial charge in [0.05, 0.1) is 5.56 Å². The molecule has 2 amide bonds. The standard InChI is InChI=1S/C23H24N4O4/c1-15(28)24-18-8-6-17(7-9-18)19-4-3-5-20(23(19)30)21-14-22(25-31-21)27-12-10-26(11-13-27)16(2)29/h3-9,14,30H,10-13H2,1-2H3,(H,24,28). The Bertz CT molecular complexity index is 1100. The maximum absolute atomic E-state index is 11.5. The number of piperazine rings is 1. The number of phenolic OH excluding ortho intramolecular Hbond substituents is 1. The highest BCUT2D eigenvalue weighted by Gasteiger charge is 2.22. The van der Waals surface area contributed by atoms with E-state index in [0.29, 0.717) is 54.6 Å². The van der Waals surface area contributed by atoms with Crippen molar-refractivity contribution in [1.29, 1.82) is 0 Å². The van der Waals surface area contributed by atoms with Crippen LogP contribution in [0, 0.1) is 0 Å². The van der Waals surface area contributed by atoms with E-state index >= 15 is 0 Å². The van der Waals surface area contributed by atoms with Crippen molar-refractivity contribution >= 4 is 23.3 Å². The molecule has 1 aliphatic rings. The molecule has 0 unspecified atom stereocenters. The zero-order valence-electron chi connectivity index (χ0n) is 17.5. The van der Waals surface area contributed by atoms with Gasteiger partial charge in [0.15, 0.2) is 11.6 Å². The summed E-state index contributed by atoms with van der Waals surface area (Å²) >= 11 is 0. The van der Waals surface area contributed by atoms with Gasteiger partial charge in [-0.15, -0.1) is 0 Å². The molecule has 1 saturated heterocycles. The SMILES string of the molecule is CC(=O)Nc1ccc(-c2cccc(-c3cc(N4CCN(C(C)=O)CC4)no3)c2O)cc1. The number of aromatic hydroxyl groups is 1. The van der Waals surface area contributed by atoms with Crippen LogP contribution in [0.4, 0.5) is 11.5 Å². The summed E-state index contributed by atoms with van der Waals surface area (Å²) in [5, 5.41) is 17.8. The van der Waals surface area contributed by atoms with E-state index in [1.807, 2.05) is 35.2 Å². The van der Waals surface area contributed by atoms with Gasteiger partial charge < -0.3 is 24.7 Å². The third-order valence-electron chi connectivity index (χ3n) is 5.36. The molecule has 1 fully saturated rings. The first kappa shape index (κ1) is 20.5. The first-order chi connectivity index (χ1) is 14.9. The van der Waals surface area contributed by atoms with Crippen molar-refractivity contribution in [3.8, 4) is 28.2 Å². The molecule has 31 heavy (non-hydrogen) atoms. The summed E-state index contributed by atoms with van der Waals surface area (Å²) in [5.41, 5.74) is 2.70. The maximum atomic E-state index is 11.5. The molecule has 2 heterocycles. The smallest absolute Gasteiger partial charge is 0.221 e. The Morgan fingerprint density at radius 1 is 1.00 bits per heavy atom. The number of benzene rings is 2. The number of hydrogen-bond donors (Lipinski definition) is 2. The molecular weight excluding hydrogens is 396 g/mol. The highest BCUT2D eigenvalue weighted by atomic mass is 16.5. The number of rotatable bonds is 4. The van der Waals surface area contributed by atoms with E-state index in [0.717, 1.165) is 5.56 Å². The number of carbonyl (C=O) groups excluding carboxylic acids is 2. The fourth-order valence-corrected chi connectivity index (χ4v) is 3.70. The van der Waals surface area contributed by atoms with Crippen LogP contribution in [-0.2, 0) is 9.59 Å². The number of amides is 2. The van der Waals surface area contributed by atoms with Gasteiger partial charge in [0.25, 0.3) is 0 Å². The number of carbonyl (C=O) groups is 2. The van der Waals surface area contributed by atoms with Crippen LogP contribution in [0.3, 0.4) is 0 Å². The zero-order chi connectivity index (χ0) is 22.0. The molecule has 160 valence electrons. The van der Waals surface area contributed by atoms with Gasteiger partial charge in [-0.3, -0.25) is 9.59 Å². The predicted molar refractivity (Wildman–Crippen MR) is 118 cm³/mol. The Morgan fingerprint density at radius 2 is 1.68 bits per heavy atom. The van der Waals surface area contributed by atoms with E-state index in [9.17, 15) is 14.7 Å². The molecule has 1 aromatic heterocycles. The fourth-order valence-electron chi connectivity index (χ4n) is 3.70. The number of phenols is 1. The quantitative estimate of drug-likeness (QED) is 0.672. The topological polar surface area (TPSA) is 98.9 Å². The molecule has 2 aromatic carbocycles. The van der Waals surface area contributed by atoms with Gasteiger partial charge in [-0.05, 0) is 23.8 Å². The Morgan fingerprint density at radius 3 is 2.32 bits per heavy atom.